The first-order valence-corrected chi connectivity index (χ1v) is 4.73. The van der Waals surface area contributed by atoms with Crippen LogP contribution >= 0.6 is 0 Å². The minimum Gasteiger partial charge on any atom is -0.493 e. The molecule has 1 rings (SSSR count). The maximum absolute atomic E-state index is 10.5. The van der Waals surface area contributed by atoms with Crippen molar-refractivity contribution in [3.63, 3.8) is 0 Å². The molecule has 0 amide bonds. The highest BCUT2D eigenvalue weighted by Crippen LogP contribution is 2.23. The summed E-state index contributed by atoms with van der Waals surface area (Å²) in [6, 6.07) is 4.58. The Morgan fingerprint density at radius 1 is 1.53 bits per heavy atom. The lowest BCUT2D eigenvalue weighted by atomic mass is 10.2. The van der Waals surface area contributed by atoms with Gasteiger partial charge in [0.1, 0.15) is 5.75 Å². The number of hydrogen-bond donors (Lipinski definition) is 1. The highest BCUT2D eigenvalue weighted by atomic mass is 16.6. The Labute approximate surface area is 88.0 Å². The monoisotopic (exact) mass is 210 g/mol. The summed E-state index contributed by atoms with van der Waals surface area (Å²) in [5, 5.41) is 10.5. The molecule has 1 aromatic rings. The van der Waals surface area contributed by atoms with Crippen LogP contribution < -0.4 is 10.5 Å². The van der Waals surface area contributed by atoms with E-state index in [0.717, 1.165) is 12.0 Å². The third-order valence-electron chi connectivity index (χ3n) is 1.99. The Hall–Kier alpha value is -1.62. The second-order valence-corrected chi connectivity index (χ2v) is 3.20. The Morgan fingerprint density at radius 2 is 2.27 bits per heavy atom. The van der Waals surface area contributed by atoms with Crippen molar-refractivity contribution in [2.45, 2.75) is 13.3 Å². The maximum Gasteiger partial charge on any atom is 0.273 e. The van der Waals surface area contributed by atoms with Crippen LogP contribution in [-0.4, -0.2) is 18.1 Å². The smallest absolute Gasteiger partial charge is 0.273 e. The van der Waals surface area contributed by atoms with Crippen LogP contribution in [0, 0.1) is 17.0 Å². The van der Waals surface area contributed by atoms with Crippen LogP contribution in [0.3, 0.4) is 0 Å². The number of nitro benzene ring substituents is 1. The van der Waals surface area contributed by atoms with Gasteiger partial charge in [-0.2, -0.15) is 0 Å². The summed E-state index contributed by atoms with van der Waals surface area (Å²) in [5.41, 5.74) is 6.25. The lowest BCUT2D eigenvalue weighted by molar-refractivity contribution is -0.384. The van der Waals surface area contributed by atoms with Gasteiger partial charge < -0.3 is 10.5 Å². The molecule has 0 radical (unpaired) electrons. The van der Waals surface area contributed by atoms with Gasteiger partial charge >= 0.3 is 0 Å². The van der Waals surface area contributed by atoms with E-state index in [2.05, 4.69) is 0 Å². The molecule has 0 saturated carbocycles. The first-order valence-electron chi connectivity index (χ1n) is 4.73. The van der Waals surface area contributed by atoms with Crippen LogP contribution in [-0.2, 0) is 0 Å². The third kappa shape index (κ3) is 3.21. The molecule has 5 nitrogen and oxygen atoms in total. The third-order valence-corrected chi connectivity index (χ3v) is 1.99. The standard InChI is InChI=1S/C10H14N2O3/c1-8-3-4-9(12(13)14)7-10(8)15-6-2-5-11/h3-4,7H,2,5-6,11H2,1H3. The molecule has 2 N–H and O–H groups in total. The van der Waals surface area contributed by atoms with Gasteiger partial charge in [0.2, 0.25) is 0 Å². The summed E-state index contributed by atoms with van der Waals surface area (Å²) in [7, 11) is 0. The highest BCUT2D eigenvalue weighted by molar-refractivity contribution is 5.43. The Morgan fingerprint density at radius 3 is 2.87 bits per heavy atom. The van der Waals surface area contributed by atoms with Crippen LogP contribution in [0.25, 0.3) is 0 Å². The van der Waals surface area contributed by atoms with Crippen molar-refractivity contribution in [2.75, 3.05) is 13.2 Å². The summed E-state index contributed by atoms with van der Waals surface area (Å²) in [6.45, 7) is 2.88. The summed E-state index contributed by atoms with van der Waals surface area (Å²) >= 11 is 0. The second kappa shape index (κ2) is 5.31. The number of benzene rings is 1. The minimum atomic E-state index is -0.435. The van der Waals surface area contributed by atoms with Crippen molar-refractivity contribution < 1.29 is 9.66 Å². The molecular formula is C10H14N2O3. The van der Waals surface area contributed by atoms with E-state index in [1.807, 2.05) is 6.92 Å². The number of hydrogen-bond acceptors (Lipinski definition) is 4. The number of non-ortho nitro benzene ring substituents is 1. The molecule has 0 atom stereocenters. The fourth-order valence-corrected chi connectivity index (χ4v) is 1.12. The van der Waals surface area contributed by atoms with Gasteiger partial charge in [-0.25, -0.2) is 0 Å². The van der Waals surface area contributed by atoms with Crippen LogP contribution in [0.5, 0.6) is 5.75 Å². The Bertz CT molecular complexity index is 353. The topological polar surface area (TPSA) is 78.4 Å². The largest absolute Gasteiger partial charge is 0.493 e. The molecule has 0 saturated heterocycles. The molecule has 0 aliphatic carbocycles. The molecule has 15 heavy (non-hydrogen) atoms. The lowest BCUT2D eigenvalue weighted by Gasteiger charge is -2.07. The molecule has 0 spiro atoms. The van der Waals surface area contributed by atoms with Crippen LogP contribution in [0.4, 0.5) is 5.69 Å². The van der Waals surface area contributed by atoms with Crippen molar-refractivity contribution in [3.05, 3.63) is 33.9 Å². The van der Waals surface area contributed by atoms with Gasteiger partial charge in [0.15, 0.2) is 0 Å². The Kier molecular flexibility index (Phi) is 4.05. The molecule has 0 aliphatic rings. The van der Waals surface area contributed by atoms with E-state index in [0.29, 0.717) is 18.9 Å². The fourth-order valence-electron chi connectivity index (χ4n) is 1.12. The van der Waals surface area contributed by atoms with Gasteiger partial charge in [0.25, 0.3) is 5.69 Å². The first kappa shape index (κ1) is 11.5. The number of ether oxygens (including phenoxy) is 1. The van der Waals surface area contributed by atoms with Gasteiger partial charge in [-0.15, -0.1) is 0 Å². The van der Waals surface area contributed by atoms with Crippen molar-refractivity contribution in [1.29, 1.82) is 0 Å². The molecule has 82 valence electrons. The van der Waals surface area contributed by atoms with E-state index >= 15 is 0 Å². The van der Waals surface area contributed by atoms with E-state index in [1.165, 1.54) is 12.1 Å². The van der Waals surface area contributed by atoms with E-state index in [9.17, 15) is 10.1 Å². The van der Waals surface area contributed by atoms with Gasteiger partial charge in [0, 0.05) is 6.07 Å². The number of nitrogens with zero attached hydrogens (tertiary/aromatic N) is 1. The van der Waals surface area contributed by atoms with E-state index in [4.69, 9.17) is 10.5 Å². The van der Waals surface area contributed by atoms with Gasteiger partial charge in [-0.3, -0.25) is 10.1 Å². The van der Waals surface area contributed by atoms with Crippen LogP contribution in [0.2, 0.25) is 0 Å². The first-order chi connectivity index (χ1) is 7.15. The molecule has 0 aliphatic heterocycles. The molecule has 0 heterocycles. The molecule has 0 aromatic heterocycles. The van der Waals surface area contributed by atoms with Crippen LogP contribution in [0.1, 0.15) is 12.0 Å². The normalized spacial score (nSPS) is 10.0. The lowest BCUT2D eigenvalue weighted by Crippen LogP contribution is -2.06. The van der Waals surface area contributed by atoms with Gasteiger partial charge in [-0.1, -0.05) is 0 Å². The number of nitro groups is 1. The average molecular weight is 210 g/mol. The summed E-state index contributed by atoms with van der Waals surface area (Å²) in [5.74, 6) is 0.553. The van der Waals surface area contributed by atoms with E-state index < -0.39 is 4.92 Å². The Balaban J connectivity index is 2.76. The zero-order chi connectivity index (χ0) is 11.3. The highest BCUT2D eigenvalue weighted by Gasteiger charge is 2.08. The number of rotatable bonds is 5. The van der Waals surface area contributed by atoms with Gasteiger partial charge in [0.05, 0.1) is 17.6 Å². The second-order valence-electron chi connectivity index (χ2n) is 3.20. The van der Waals surface area contributed by atoms with E-state index in [1.54, 1.807) is 6.07 Å². The van der Waals surface area contributed by atoms with Crippen molar-refractivity contribution in [3.8, 4) is 5.75 Å². The molecule has 1 aromatic carbocycles. The van der Waals surface area contributed by atoms with Crippen molar-refractivity contribution >= 4 is 5.69 Å². The van der Waals surface area contributed by atoms with Crippen molar-refractivity contribution in [1.82, 2.24) is 0 Å². The van der Waals surface area contributed by atoms with Crippen molar-refractivity contribution in [2.24, 2.45) is 5.73 Å². The number of nitrogens with two attached hydrogens (primary N) is 1. The average Bonchev–Trinajstić information content (AvgIpc) is 2.20. The number of aryl methyl sites for hydroxylation is 1. The predicted octanol–water partition coefficient (Wildman–Crippen LogP) is 1.63. The summed E-state index contributed by atoms with van der Waals surface area (Å²) in [4.78, 5) is 10.1. The molecule has 5 heteroatoms. The zero-order valence-electron chi connectivity index (χ0n) is 8.60. The predicted molar refractivity (Wildman–Crippen MR) is 57.0 cm³/mol. The molecule has 0 fully saturated rings. The molecule has 0 unspecified atom stereocenters. The summed E-state index contributed by atoms with van der Waals surface area (Å²) < 4.78 is 5.38. The molecular weight excluding hydrogens is 196 g/mol. The summed E-state index contributed by atoms with van der Waals surface area (Å²) in [6.07, 6.45) is 0.738. The maximum atomic E-state index is 10.5. The minimum absolute atomic E-state index is 0.0448. The van der Waals surface area contributed by atoms with Crippen LogP contribution in [0.15, 0.2) is 18.2 Å². The fraction of sp³-hybridized carbons (Fsp3) is 0.400. The van der Waals surface area contributed by atoms with E-state index in [-0.39, 0.29) is 5.69 Å². The SMILES string of the molecule is Cc1ccc([N+](=O)[O-])cc1OCCCN. The quantitative estimate of drug-likeness (QED) is 0.455. The molecule has 0 bridgehead atoms. The van der Waals surface area contributed by atoms with Gasteiger partial charge in [-0.05, 0) is 31.5 Å². The zero-order valence-corrected chi connectivity index (χ0v) is 8.60.